The van der Waals surface area contributed by atoms with Crippen LogP contribution in [0, 0.1) is 23.7 Å². The van der Waals surface area contributed by atoms with E-state index in [1.165, 1.54) is 7.11 Å². The molecular formula is C45H58N2O10. The summed E-state index contributed by atoms with van der Waals surface area (Å²) >= 11 is 0. The summed E-state index contributed by atoms with van der Waals surface area (Å²) in [4.78, 5) is 33.9. The Morgan fingerprint density at radius 2 is 1.81 bits per heavy atom. The molecule has 7 atom stereocenters. The molecule has 7 unspecified atom stereocenters. The van der Waals surface area contributed by atoms with E-state index in [4.69, 9.17) is 33.7 Å². The van der Waals surface area contributed by atoms with Crippen molar-refractivity contribution >= 4 is 17.9 Å². The molecule has 2 N–H and O–H groups in total. The number of fused-ring (bicyclic) bond motifs is 2. The lowest BCUT2D eigenvalue weighted by atomic mass is 9.55. The lowest BCUT2D eigenvalue weighted by molar-refractivity contribution is -0.256. The maximum atomic E-state index is 14.0. The molecule has 12 heteroatoms. The normalized spacial score (nSPS) is 28.3. The molecule has 2 aromatic rings. The molecule has 12 nitrogen and oxygen atoms in total. The van der Waals surface area contributed by atoms with Crippen LogP contribution in [0.1, 0.15) is 98.9 Å². The molecule has 0 bridgehead atoms. The largest absolute Gasteiger partial charge is 0.496 e. The summed E-state index contributed by atoms with van der Waals surface area (Å²) in [5.41, 5.74) is 3.04. The number of carbonyl (C=O) groups is 2. The van der Waals surface area contributed by atoms with Gasteiger partial charge in [0.2, 0.25) is 18.0 Å². The molecule has 2 aliphatic heterocycles. The van der Waals surface area contributed by atoms with Gasteiger partial charge in [0.1, 0.15) is 29.0 Å². The Morgan fingerprint density at radius 1 is 1.04 bits per heavy atom. The van der Waals surface area contributed by atoms with Gasteiger partial charge in [0, 0.05) is 50.5 Å². The zero-order chi connectivity index (χ0) is 39.9. The number of amides is 1. The molecular weight excluding hydrogens is 728 g/mol. The van der Waals surface area contributed by atoms with Gasteiger partial charge in [0.05, 0.1) is 37.5 Å². The zero-order valence-corrected chi connectivity index (χ0v) is 33.3. The van der Waals surface area contributed by atoms with Crippen molar-refractivity contribution in [3.05, 3.63) is 71.8 Å². The van der Waals surface area contributed by atoms with Gasteiger partial charge >= 0.3 is 0 Å². The van der Waals surface area contributed by atoms with Crippen LogP contribution < -0.4 is 14.2 Å². The Morgan fingerprint density at radius 3 is 2.51 bits per heavy atom. The van der Waals surface area contributed by atoms with E-state index < -0.39 is 24.0 Å². The minimum absolute atomic E-state index is 0.0340. The van der Waals surface area contributed by atoms with Crippen LogP contribution in [0.25, 0.3) is 0 Å². The number of hydrogen-bond donors (Lipinski definition) is 2. The molecule has 0 radical (unpaired) electrons. The van der Waals surface area contributed by atoms with Crippen molar-refractivity contribution in [3.8, 4) is 23.0 Å². The third kappa shape index (κ3) is 8.65. The van der Waals surface area contributed by atoms with E-state index >= 15 is 0 Å². The van der Waals surface area contributed by atoms with Gasteiger partial charge in [-0.1, -0.05) is 30.1 Å². The van der Waals surface area contributed by atoms with Crippen molar-refractivity contribution in [2.24, 2.45) is 28.8 Å². The van der Waals surface area contributed by atoms with Crippen LogP contribution in [0.2, 0.25) is 0 Å². The Bertz CT molecular complexity index is 1800. The molecule has 5 aliphatic rings. The Kier molecular flexibility index (Phi) is 13.3. The molecule has 2 saturated carbocycles. The van der Waals surface area contributed by atoms with Gasteiger partial charge in [-0.15, -0.1) is 6.58 Å². The first-order chi connectivity index (χ1) is 27.8. The number of ether oxygens (including phenoxy) is 5. The molecule has 2 aromatic carbocycles. The number of aldehydes is 1. The fraction of sp³-hybridized carbons (Fsp3) is 0.578. The number of likely N-dealkylation sites (N-methyl/N-ethyl adjacent to an activating group) is 1. The minimum Gasteiger partial charge on any atom is -0.496 e. The molecule has 3 aliphatic carbocycles. The van der Waals surface area contributed by atoms with E-state index in [0.717, 1.165) is 80.9 Å². The second-order valence-corrected chi connectivity index (χ2v) is 16.0. The van der Waals surface area contributed by atoms with Gasteiger partial charge in [-0.25, -0.2) is 0 Å². The second-order valence-electron chi connectivity index (χ2n) is 16.0. The standard InChI is InChI=1S/C45H58N2O10/c1-4-22-54-45-40(47(2)44(51)29-14-15-29)27-37(46-57-41-13-7-10-23-53-41)35-25-30(11-5-8-20-48)34(12-6-9-21-49)42(43(35)45)36-26-33(17-19-39(36)56-45)55-32-16-18-38(52-3)31(24-32)28-50/h4,16-19,24-26,28-30,34,40-43,48-49H,1,5-15,20-23,27H2,2-3H3. The number of hydrogen-bond acceptors (Lipinski definition) is 11. The fourth-order valence-electron chi connectivity index (χ4n) is 9.48. The molecule has 308 valence electrons. The van der Waals surface area contributed by atoms with Crippen molar-refractivity contribution in [2.45, 2.75) is 101 Å². The minimum atomic E-state index is -1.31. The highest BCUT2D eigenvalue weighted by atomic mass is 16.8. The van der Waals surface area contributed by atoms with E-state index in [9.17, 15) is 19.8 Å². The van der Waals surface area contributed by atoms with Gasteiger partial charge in [-0.3, -0.25) is 9.59 Å². The Labute approximate surface area is 335 Å². The first-order valence-electron chi connectivity index (χ1n) is 20.8. The highest BCUT2D eigenvalue weighted by molar-refractivity contribution is 6.03. The predicted octanol–water partition coefficient (Wildman–Crippen LogP) is 7.33. The third-order valence-corrected chi connectivity index (χ3v) is 12.4. The number of aliphatic hydroxyl groups is 2. The molecule has 0 aromatic heterocycles. The molecule has 0 spiro atoms. The van der Waals surface area contributed by atoms with Crippen molar-refractivity contribution in [1.82, 2.24) is 4.90 Å². The number of aliphatic hydroxyl groups excluding tert-OH is 2. The summed E-state index contributed by atoms with van der Waals surface area (Å²) in [6.45, 7) is 5.03. The number of rotatable bonds is 19. The molecule has 57 heavy (non-hydrogen) atoms. The maximum Gasteiger partial charge on any atom is 0.239 e. The monoisotopic (exact) mass is 786 g/mol. The van der Waals surface area contributed by atoms with E-state index in [1.54, 1.807) is 24.3 Å². The summed E-state index contributed by atoms with van der Waals surface area (Å²) in [6.07, 6.45) is 13.8. The number of benzene rings is 2. The topological polar surface area (TPSA) is 146 Å². The van der Waals surface area contributed by atoms with E-state index in [0.29, 0.717) is 54.4 Å². The van der Waals surface area contributed by atoms with Crippen LogP contribution in [0.3, 0.4) is 0 Å². The van der Waals surface area contributed by atoms with Crippen LogP contribution in [0.15, 0.2) is 65.9 Å². The van der Waals surface area contributed by atoms with E-state index in [2.05, 4.69) is 12.7 Å². The summed E-state index contributed by atoms with van der Waals surface area (Å²) in [5.74, 6) is 0.433. The Hall–Kier alpha value is -4.23. The van der Waals surface area contributed by atoms with Gasteiger partial charge in [-0.05, 0) is 105 Å². The number of unbranched alkanes of at least 4 members (excludes halogenated alkanes) is 2. The molecule has 1 saturated heterocycles. The van der Waals surface area contributed by atoms with Crippen LogP contribution in [-0.2, 0) is 19.1 Å². The van der Waals surface area contributed by atoms with Gasteiger partial charge in [-0.2, -0.15) is 0 Å². The zero-order valence-electron chi connectivity index (χ0n) is 33.3. The first-order valence-corrected chi connectivity index (χ1v) is 20.8. The quantitative estimate of drug-likeness (QED) is 0.0643. The molecule has 2 heterocycles. The van der Waals surface area contributed by atoms with Gasteiger partial charge in [0.25, 0.3) is 0 Å². The summed E-state index contributed by atoms with van der Waals surface area (Å²) in [7, 11) is 3.38. The van der Waals surface area contributed by atoms with Crippen molar-refractivity contribution < 1.29 is 48.3 Å². The van der Waals surface area contributed by atoms with Gasteiger partial charge < -0.3 is 43.6 Å². The number of carbonyl (C=O) groups excluding carboxylic acids is 2. The van der Waals surface area contributed by atoms with Crippen LogP contribution >= 0.6 is 0 Å². The fourth-order valence-corrected chi connectivity index (χ4v) is 9.48. The summed E-state index contributed by atoms with van der Waals surface area (Å²) in [5, 5.41) is 24.6. The average Bonchev–Trinajstić information content (AvgIpc) is 4.09. The Balaban J connectivity index is 1.40. The summed E-state index contributed by atoms with van der Waals surface area (Å²) < 4.78 is 32.0. The number of nitrogens with zero attached hydrogens (tertiary/aromatic N) is 2. The lowest BCUT2D eigenvalue weighted by Crippen LogP contribution is -2.69. The lowest BCUT2D eigenvalue weighted by Gasteiger charge is -2.59. The maximum absolute atomic E-state index is 14.0. The van der Waals surface area contributed by atoms with Crippen molar-refractivity contribution in [1.29, 1.82) is 0 Å². The van der Waals surface area contributed by atoms with Crippen molar-refractivity contribution in [3.63, 3.8) is 0 Å². The van der Waals surface area contributed by atoms with Crippen LogP contribution in [0.5, 0.6) is 23.0 Å². The van der Waals surface area contributed by atoms with Crippen LogP contribution in [0.4, 0.5) is 0 Å². The second kappa shape index (κ2) is 18.6. The number of allylic oxidation sites excluding steroid dienone is 1. The average molecular weight is 787 g/mol. The SMILES string of the molecule is C=CCOC12Oc3ccc(Oc4ccc(OC)c(C=O)c4)cc3C3C(CCCCO)C(CCCCO)C=C(C(=NOC4CCCCO4)CC1N(C)C(=O)C1CC1)C32. The summed E-state index contributed by atoms with van der Waals surface area (Å²) in [6, 6.07) is 10.4. The van der Waals surface area contributed by atoms with E-state index in [1.807, 2.05) is 30.1 Å². The predicted molar refractivity (Wildman–Crippen MR) is 214 cm³/mol. The molecule has 1 amide bonds. The smallest absolute Gasteiger partial charge is 0.239 e. The highest BCUT2D eigenvalue weighted by Crippen LogP contribution is 2.62. The van der Waals surface area contributed by atoms with Crippen molar-refractivity contribution in [2.75, 3.05) is 40.6 Å². The van der Waals surface area contributed by atoms with Crippen LogP contribution in [-0.4, -0.2) is 91.7 Å². The van der Waals surface area contributed by atoms with Gasteiger partial charge in [0.15, 0.2) is 6.29 Å². The first kappa shape index (κ1) is 40.9. The van der Waals surface area contributed by atoms with E-state index in [-0.39, 0.29) is 49.4 Å². The highest BCUT2D eigenvalue weighted by Gasteiger charge is 2.65. The third-order valence-electron chi connectivity index (χ3n) is 12.4. The number of oxime groups is 1. The molecule has 3 fully saturated rings. The molecule has 7 rings (SSSR count). The number of methoxy groups -OCH3 is 1.